The van der Waals surface area contributed by atoms with E-state index in [9.17, 15) is 13.6 Å². The molecule has 2 aromatic rings. The van der Waals surface area contributed by atoms with Gasteiger partial charge in [0.05, 0.1) is 38.6 Å². The van der Waals surface area contributed by atoms with Crippen molar-refractivity contribution in [3.8, 4) is 0 Å². The van der Waals surface area contributed by atoms with E-state index < -0.39 is 41.3 Å². The third-order valence-corrected chi connectivity index (χ3v) is 7.42. The van der Waals surface area contributed by atoms with Crippen LogP contribution in [0.1, 0.15) is 43.4 Å². The number of fused-ring (bicyclic) bond motifs is 1. The molecule has 2 heterocycles. The number of hydrogen-bond donors (Lipinski definition) is 1. The quantitative estimate of drug-likeness (QED) is 0.540. The summed E-state index contributed by atoms with van der Waals surface area (Å²) in [5.74, 6) is -3.12. The maximum atomic E-state index is 14.4. The van der Waals surface area contributed by atoms with Crippen molar-refractivity contribution in [1.82, 2.24) is 10.4 Å². The van der Waals surface area contributed by atoms with Crippen LogP contribution in [0.5, 0.6) is 0 Å². The maximum absolute atomic E-state index is 14.4. The van der Waals surface area contributed by atoms with Gasteiger partial charge in [-0.05, 0) is 32.4 Å². The molecule has 39 heavy (non-hydrogen) atoms. The number of nitrogens with zero attached hydrogens (tertiary/aromatic N) is 1. The number of hydrazine groups is 1. The Hall–Kier alpha value is -2.47. The van der Waals surface area contributed by atoms with Gasteiger partial charge in [0.25, 0.3) is 5.91 Å². The Labute approximate surface area is 227 Å². The first kappa shape index (κ1) is 28.1. The molecule has 0 bridgehead atoms. The van der Waals surface area contributed by atoms with Gasteiger partial charge in [-0.1, -0.05) is 42.0 Å². The summed E-state index contributed by atoms with van der Waals surface area (Å²) in [6.07, 6.45) is -1.31. The van der Waals surface area contributed by atoms with E-state index in [1.807, 2.05) is 36.2 Å². The van der Waals surface area contributed by atoms with Crippen molar-refractivity contribution in [2.24, 2.45) is 0 Å². The van der Waals surface area contributed by atoms with E-state index in [0.717, 1.165) is 17.2 Å². The van der Waals surface area contributed by atoms with E-state index in [1.165, 1.54) is 12.1 Å². The van der Waals surface area contributed by atoms with E-state index in [2.05, 4.69) is 5.43 Å². The third-order valence-electron chi connectivity index (χ3n) is 7.42. The lowest BCUT2D eigenvalue weighted by molar-refractivity contribution is -0.187. The zero-order valence-electron chi connectivity index (χ0n) is 22.6. The van der Waals surface area contributed by atoms with Crippen LogP contribution in [-0.4, -0.2) is 66.9 Å². The number of ether oxygens (including phenoxy) is 5. The summed E-state index contributed by atoms with van der Waals surface area (Å²) in [5, 5.41) is 1.82. The first-order chi connectivity index (χ1) is 18.6. The number of carbonyl (C=O) groups is 1. The highest BCUT2D eigenvalue weighted by Crippen LogP contribution is 2.44. The molecule has 8 nitrogen and oxygen atoms in total. The van der Waals surface area contributed by atoms with Crippen molar-refractivity contribution < 1.29 is 37.3 Å². The Bertz CT molecular complexity index is 1170. The van der Waals surface area contributed by atoms with E-state index in [-0.39, 0.29) is 37.5 Å². The molecule has 1 N–H and O–H groups in total. The molecule has 2 aromatic carbocycles. The van der Waals surface area contributed by atoms with Gasteiger partial charge in [0.1, 0.15) is 6.10 Å². The topological polar surface area (TPSA) is 78.5 Å². The summed E-state index contributed by atoms with van der Waals surface area (Å²) < 4.78 is 58.7. The van der Waals surface area contributed by atoms with E-state index in [4.69, 9.17) is 23.7 Å². The zero-order valence-corrected chi connectivity index (χ0v) is 22.6. The van der Waals surface area contributed by atoms with Crippen LogP contribution in [0.2, 0.25) is 0 Å². The lowest BCUT2D eigenvalue weighted by Crippen LogP contribution is -2.63. The molecule has 3 fully saturated rings. The molecule has 1 amide bonds. The number of rotatable bonds is 8. The van der Waals surface area contributed by atoms with Crippen molar-refractivity contribution in [1.29, 1.82) is 0 Å². The number of amides is 1. The van der Waals surface area contributed by atoms with Gasteiger partial charge in [-0.2, -0.15) is 0 Å². The van der Waals surface area contributed by atoms with Crippen LogP contribution in [0.15, 0.2) is 42.5 Å². The molecular weight excluding hydrogens is 510 g/mol. The number of nitrogens with one attached hydrogen (secondary N) is 1. The number of aryl methyl sites for hydroxylation is 1. The molecule has 1 aliphatic carbocycles. The first-order valence-electron chi connectivity index (χ1n) is 13.4. The summed E-state index contributed by atoms with van der Waals surface area (Å²) in [5.41, 5.74) is 3.79. The number of carbonyl (C=O) groups excluding carboxylic acids is 1. The fraction of sp³-hybridized carbons (Fsp3) is 0.552. The maximum Gasteiger partial charge on any atom is 0.266 e. The largest absolute Gasteiger partial charge is 0.379 e. The van der Waals surface area contributed by atoms with Gasteiger partial charge in [-0.25, -0.2) is 13.8 Å². The highest BCUT2D eigenvalue weighted by Gasteiger charge is 2.58. The normalized spacial score (nSPS) is 28.7. The van der Waals surface area contributed by atoms with E-state index in [1.54, 1.807) is 13.8 Å². The molecule has 10 heteroatoms. The third kappa shape index (κ3) is 6.48. The average molecular weight is 547 g/mol. The lowest BCUT2D eigenvalue weighted by Gasteiger charge is -2.44. The summed E-state index contributed by atoms with van der Waals surface area (Å²) in [6.45, 7) is 7.74. The van der Waals surface area contributed by atoms with Gasteiger partial charge in [-0.3, -0.25) is 10.2 Å². The minimum atomic E-state index is -1.32. The van der Waals surface area contributed by atoms with Crippen molar-refractivity contribution in [2.75, 3.05) is 26.3 Å². The monoisotopic (exact) mass is 546 g/mol. The first-order valence-corrected chi connectivity index (χ1v) is 13.4. The van der Waals surface area contributed by atoms with Gasteiger partial charge in [0.15, 0.2) is 23.0 Å². The number of morpholine rings is 1. The summed E-state index contributed by atoms with van der Waals surface area (Å²) in [6, 6.07) is 11.9. The minimum Gasteiger partial charge on any atom is -0.379 e. The number of halogens is 2. The van der Waals surface area contributed by atoms with Gasteiger partial charge >= 0.3 is 0 Å². The second kappa shape index (κ2) is 11.6. The highest BCUT2D eigenvalue weighted by atomic mass is 19.2. The molecule has 212 valence electrons. The molecule has 3 aliphatic rings. The van der Waals surface area contributed by atoms with Crippen LogP contribution in [0.4, 0.5) is 8.78 Å². The molecular formula is C29H36F2N2O6. The fourth-order valence-corrected chi connectivity index (χ4v) is 5.51. The van der Waals surface area contributed by atoms with Crippen molar-refractivity contribution in [2.45, 2.75) is 76.5 Å². The molecule has 0 spiro atoms. The summed E-state index contributed by atoms with van der Waals surface area (Å²) >= 11 is 0. The molecule has 2 aliphatic heterocycles. The molecule has 1 unspecified atom stereocenters. The van der Waals surface area contributed by atoms with E-state index >= 15 is 0 Å². The fourth-order valence-electron chi connectivity index (χ4n) is 5.51. The number of hydrogen-bond acceptors (Lipinski definition) is 7. The Morgan fingerprint density at radius 2 is 1.85 bits per heavy atom. The molecule has 0 radical (unpaired) electrons. The predicted molar refractivity (Wildman–Crippen MR) is 137 cm³/mol. The van der Waals surface area contributed by atoms with Crippen LogP contribution in [-0.2, 0) is 41.7 Å². The molecule has 2 saturated heterocycles. The predicted octanol–water partition coefficient (Wildman–Crippen LogP) is 3.79. The Morgan fingerprint density at radius 3 is 2.62 bits per heavy atom. The Morgan fingerprint density at radius 1 is 1.08 bits per heavy atom. The standard InChI is InChI=1S/C29H36F2N2O6/c1-19-6-4-7-20(14-19)17-37-29(27(34)32-33-10-12-35-13-11-33)15-23(26-24(16-29)38-28(2,3)39-26)36-18-21-8-5-9-22(30)25(21)31/h4-9,14,23-24,26H,10-13,15-18H2,1-3H3,(H,32,34)/t23?,24-,26+,29-/m1/s1. The molecule has 4 atom stereocenters. The Kier molecular flexibility index (Phi) is 8.32. The van der Waals surface area contributed by atoms with Crippen molar-refractivity contribution >= 4 is 5.91 Å². The van der Waals surface area contributed by atoms with Gasteiger partial charge in [0, 0.05) is 31.5 Å². The van der Waals surface area contributed by atoms with Gasteiger partial charge in [0.2, 0.25) is 0 Å². The van der Waals surface area contributed by atoms with Crippen LogP contribution in [0.3, 0.4) is 0 Å². The molecule has 5 rings (SSSR count). The molecule has 0 aromatic heterocycles. The molecule has 1 saturated carbocycles. The SMILES string of the molecule is Cc1cccc(CO[C@]2(C(=O)NN3CCOCC3)CC(OCc3cccc(F)c3F)[C@@H]3OC(C)(C)O[C@@H]3C2)c1. The second-order valence-electron chi connectivity index (χ2n) is 10.9. The van der Waals surface area contributed by atoms with Crippen LogP contribution in [0, 0.1) is 18.6 Å². The smallest absolute Gasteiger partial charge is 0.266 e. The minimum absolute atomic E-state index is 0.0827. The van der Waals surface area contributed by atoms with Gasteiger partial charge in [-0.15, -0.1) is 0 Å². The number of benzene rings is 2. The average Bonchev–Trinajstić information content (AvgIpc) is 3.22. The Balaban J connectivity index is 1.42. The zero-order chi connectivity index (χ0) is 27.6. The summed E-state index contributed by atoms with van der Waals surface area (Å²) in [7, 11) is 0. The second-order valence-corrected chi connectivity index (χ2v) is 10.9. The van der Waals surface area contributed by atoms with E-state index in [0.29, 0.717) is 26.3 Å². The van der Waals surface area contributed by atoms with Crippen LogP contribution < -0.4 is 5.43 Å². The van der Waals surface area contributed by atoms with Crippen LogP contribution >= 0.6 is 0 Å². The van der Waals surface area contributed by atoms with Gasteiger partial charge < -0.3 is 23.7 Å². The van der Waals surface area contributed by atoms with Crippen molar-refractivity contribution in [3.05, 3.63) is 70.8 Å². The lowest BCUT2D eigenvalue weighted by atomic mass is 9.78. The van der Waals surface area contributed by atoms with Crippen molar-refractivity contribution in [3.63, 3.8) is 0 Å². The van der Waals surface area contributed by atoms with Crippen LogP contribution in [0.25, 0.3) is 0 Å². The highest BCUT2D eigenvalue weighted by molar-refractivity contribution is 5.85. The summed E-state index contributed by atoms with van der Waals surface area (Å²) in [4.78, 5) is 14.0.